The number of hydrogen-bond donors (Lipinski definition) is 0. The average molecular weight is 295 g/mol. The van der Waals surface area contributed by atoms with E-state index in [0.29, 0.717) is 18.5 Å². The number of amides is 1. The third-order valence-electron chi connectivity index (χ3n) is 4.62. The first-order valence-electron chi connectivity index (χ1n) is 8.28. The summed E-state index contributed by atoms with van der Waals surface area (Å²) >= 11 is 0. The highest BCUT2D eigenvalue weighted by molar-refractivity contribution is 5.76. The maximum atomic E-state index is 12.0. The molecule has 1 saturated heterocycles. The van der Waals surface area contributed by atoms with Gasteiger partial charge in [0.1, 0.15) is 0 Å². The van der Waals surface area contributed by atoms with Gasteiger partial charge in [0.2, 0.25) is 5.91 Å². The second-order valence-electron chi connectivity index (χ2n) is 6.44. The molecule has 0 aromatic rings. The number of allylic oxidation sites excluding steroid dienone is 1. The first-order chi connectivity index (χ1) is 9.95. The molecule has 21 heavy (non-hydrogen) atoms. The van der Waals surface area contributed by atoms with Crippen molar-refractivity contribution in [3.8, 4) is 0 Å². The Labute approximate surface area is 130 Å². The predicted octanol–water partition coefficient (Wildman–Crippen LogP) is 2.22. The lowest BCUT2D eigenvalue weighted by molar-refractivity contribution is -0.131. The van der Waals surface area contributed by atoms with Crippen molar-refractivity contribution in [2.45, 2.75) is 52.1 Å². The molecule has 1 aliphatic rings. The smallest absolute Gasteiger partial charge is 0.222 e. The van der Waals surface area contributed by atoms with Crippen LogP contribution in [0.1, 0.15) is 40.0 Å². The number of carbonyl (C=O) groups excluding carboxylic acids is 1. The maximum Gasteiger partial charge on any atom is 0.222 e. The monoisotopic (exact) mass is 295 g/mol. The molecular formula is C17H33N3O. The summed E-state index contributed by atoms with van der Waals surface area (Å²) in [4.78, 5) is 18.9. The Morgan fingerprint density at radius 3 is 2.38 bits per heavy atom. The molecule has 1 unspecified atom stereocenters. The molecule has 0 saturated carbocycles. The van der Waals surface area contributed by atoms with Gasteiger partial charge in [-0.15, -0.1) is 6.58 Å². The van der Waals surface area contributed by atoms with Gasteiger partial charge in [-0.25, -0.2) is 0 Å². The minimum atomic E-state index is 0.229. The quantitative estimate of drug-likeness (QED) is 0.642. The van der Waals surface area contributed by atoms with E-state index < -0.39 is 0 Å². The van der Waals surface area contributed by atoms with Crippen LogP contribution >= 0.6 is 0 Å². The number of piperazine rings is 1. The molecular weight excluding hydrogens is 262 g/mol. The van der Waals surface area contributed by atoms with Gasteiger partial charge in [-0.2, -0.15) is 0 Å². The molecule has 0 aromatic carbocycles. The zero-order valence-corrected chi connectivity index (χ0v) is 14.3. The van der Waals surface area contributed by atoms with Crippen molar-refractivity contribution in [3.05, 3.63) is 12.7 Å². The Morgan fingerprint density at radius 2 is 1.86 bits per heavy atom. The molecule has 122 valence electrons. The summed E-state index contributed by atoms with van der Waals surface area (Å²) in [6.45, 7) is 16.1. The fourth-order valence-electron chi connectivity index (χ4n) is 2.71. The van der Waals surface area contributed by atoms with Crippen molar-refractivity contribution in [2.75, 3.05) is 39.8 Å². The van der Waals surface area contributed by atoms with Crippen LogP contribution in [0.2, 0.25) is 0 Å². The molecule has 1 amide bonds. The van der Waals surface area contributed by atoms with E-state index in [1.54, 1.807) is 0 Å². The molecule has 1 atom stereocenters. The normalized spacial score (nSPS) is 18.7. The third kappa shape index (κ3) is 6.18. The van der Waals surface area contributed by atoms with E-state index in [9.17, 15) is 4.79 Å². The van der Waals surface area contributed by atoms with Crippen LogP contribution in [-0.2, 0) is 4.79 Å². The van der Waals surface area contributed by atoms with Gasteiger partial charge in [0.15, 0.2) is 0 Å². The van der Waals surface area contributed by atoms with E-state index in [1.165, 1.54) is 13.1 Å². The molecule has 1 heterocycles. The van der Waals surface area contributed by atoms with E-state index in [1.807, 2.05) is 18.0 Å². The highest BCUT2D eigenvalue weighted by Gasteiger charge is 2.20. The lowest BCUT2D eigenvalue weighted by Gasteiger charge is -2.37. The van der Waals surface area contributed by atoms with Gasteiger partial charge in [-0.1, -0.05) is 6.08 Å². The fraction of sp³-hybridized carbons (Fsp3) is 0.824. The van der Waals surface area contributed by atoms with Gasteiger partial charge in [-0.05, 0) is 33.6 Å². The Kier molecular flexibility index (Phi) is 7.97. The zero-order valence-electron chi connectivity index (χ0n) is 14.3. The molecule has 1 aliphatic heterocycles. The van der Waals surface area contributed by atoms with Gasteiger partial charge in [-0.3, -0.25) is 9.69 Å². The first-order valence-corrected chi connectivity index (χ1v) is 8.28. The summed E-state index contributed by atoms with van der Waals surface area (Å²) < 4.78 is 0. The Hall–Kier alpha value is -0.870. The van der Waals surface area contributed by atoms with Crippen LogP contribution in [0.3, 0.4) is 0 Å². The van der Waals surface area contributed by atoms with Crippen LogP contribution < -0.4 is 0 Å². The predicted molar refractivity (Wildman–Crippen MR) is 89.4 cm³/mol. The summed E-state index contributed by atoms with van der Waals surface area (Å²) in [5, 5.41) is 0. The number of rotatable bonds is 8. The molecule has 1 fully saturated rings. The third-order valence-corrected chi connectivity index (χ3v) is 4.62. The second kappa shape index (κ2) is 9.21. The molecule has 1 rings (SSSR count). The highest BCUT2D eigenvalue weighted by atomic mass is 16.2. The zero-order chi connectivity index (χ0) is 15.8. The maximum absolute atomic E-state index is 12.0. The lowest BCUT2D eigenvalue weighted by atomic mass is 10.1. The van der Waals surface area contributed by atoms with Crippen LogP contribution in [0, 0.1) is 0 Å². The molecule has 0 bridgehead atoms. The van der Waals surface area contributed by atoms with Crippen LogP contribution in [0.4, 0.5) is 0 Å². The minimum Gasteiger partial charge on any atom is -0.343 e. The van der Waals surface area contributed by atoms with Crippen LogP contribution in [0.25, 0.3) is 0 Å². The molecule has 0 N–H and O–H groups in total. The van der Waals surface area contributed by atoms with Crippen molar-refractivity contribution in [1.82, 2.24) is 14.7 Å². The molecule has 4 heteroatoms. The van der Waals surface area contributed by atoms with Crippen LogP contribution in [0.15, 0.2) is 12.7 Å². The van der Waals surface area contributed by atoms with E-state index in [4.69, 9.17) is 0 Å². The van der Waals surface area contributed by atoms with Crippen LogP contribution in [-0.4, -0.2) is 72.5 Å². The summed E-state index contributed by atoms with van der Waals surface area (Å²) in [6.07, 6.45) is 4.22. The SMILES string of the molecule is C=CCCC(=O)N(C)C(C)CCN1CCN(C(C)C)CC1. The van der Waals surface area contributed by atoms with Crippen molar-refractivity contribution >= 4 is 5.91 Å². The van der Waals surface area contributed by atoms with Crippen LogP contribution in [0.5, 0.6) is 0 Å². The molecule has 0 radical (unpaired) electrons. The van der Waals surface area contributed by atoms with Crippen molar-refractivity contribution in [3.63, 3.8) is 0 Å². The topological polar surface area (TPSA) is 26.8 Å². The van der Waals surface area contributed by atoms with Gasteiger partial charge in [0.05, 0.1) is 0 Å². The molecule has 0 aliphatic carbocycles. The van der Waals surface area contributed by atoms with E-state index in [2.05, 4.69) is 37.1 Å². The Morgan fingerprint density at radius 1 is 1.24 bits per heavy atom. The second-order valence-corrected chi connectivity index (χ2v) is 6.44. The largest absolute Gasteiger partial charge is 0.343 e. The Bertz CT molecular complexity index is 322. The molecule has 0 spiro atoms. The first kappa shape index (κ1) is 18.2. The number of hydrogen-bond acceptors (Lipinski definition) is 3. The van der Waals surface area contributed by atoms with Crippen molar-refractivity contribution in [2.24, 2.45) is 0 Å². The van der Waals surface area contributed by atoms with E-state index in [-0.39, 0.29) is 5.91 Å². The molecule has 0 aromatic heterocycles. The summed E-state index contributed by atoms with van der Waals surface area (Å²) in [7, 11) is 1.92. The van der Waals surface area contributed by atoms with E-state index >= 15 is 0 Å². The average Bonchev–Trinajstić information content (AvgIpc) is 2.49. The summed E-state index contributed by atoms with van der Waals surface area (Å²) in [5.41, 5.74) is 0. The van der Waals surface area contributed by atoms with Gasteiger partial charge < -0.3 is 9.80 Å². The fourth-order valence-corrected chi connectivity index (χ4v) is 2.71. The Balaban J connectivity index is 2.25. The van der Waals surface area contributed by atoms with E-state index in [0.717, 1.165) is 32.5 Å². The van der Waals surface area contributed by atoms with Gasteiger partial charge in [0, 0.05) is 58.3 Å². The number of nitrogens with zero attached hydrogens (tertiary/aromatic N) is 3. The minimum absolute atomic E-state index is 0.229. The summed E-state index contributed by atoms with van der Waals surface area (Å²) in [6, 6.07) is 0.963. The summed E-state index contributed by atoms with van der Waals surface area (Å²) in [5.74, 6) is 0.229. The van der Waals surface area contributed by atoms with Gasteiger partial charge in [0.25, 0.3) is 0 Å². The van der Waals surface area contributed by atoms with Crippen molar-refractivity contribution in [1.29, 1.82) is 0 Å². The van der Waals surface area contributed by atoms with Gasteiger partial charge >= 0.3 is 0 Å². The standard InChI is InChI=1S/C17H33N3O/c1-6-7-8-17(21)18(5)16(4)9-10-19-11-13-20(14-12-19)15(2)3/h6,15-16H,1,7-14H2,2-5H3. The molecule has 4 nitrogen and oxygen atoms in total. The van der Waals surface area contributed by atoms with Crippen molar-refractivity contribution < 1.29 is 4.79 Å². The lowest BCUT2D eigenvalue weighted by Crippen LogP contribution is -2.49. The highest BCUT2D eigenvalue weighted by Crippen LogP contribution is 2.10. The number of carbonyl (C=O) groups is 1.